The van der Waals surface area contributed by atoms with Crippen molar-refractivity contribution in [3.63, 3.8) is 0 Å². The van der Waals surface area contributed by atoms with Gasteiger partial charge in [-0.05, 0) is 0 Å². The van der Waals surface area contributed by atoms with Crippen LogP contribution in [0.25, 0.3) is 0 Å². The molecule has 0 aromatic carbocycles. The van der Waals surface area contributed by atoms with E-state index in [4.69, 9.17) is 4.74 Å². The number of carbonyl (C=O) groups excluding carboxylic acids is 1. The van der Waals surface area contributed by atoms with Gasteiger partial charge < -0.3 is 0 Å². The number of unbranched alkanes of at least 4 members (excludes halogenated alkanes) is 4. The van der Waals surface area contributed by atoms with Crippen molar-refractivity contribution < 1.29 is 9.53 Å². The second kappa shape index (κ2) is 15.9. The van der Waals surface area contributed by atoms with Gasteiger partial charge in [0, 0.05) is 0 Å². The molecular weight excluding hydrogens is 339 g/mol. The number of esters is 1. The standard InChI is InChI=1S/C23H49O2P/c1-7-12-16-22(11-5)23(24)25-21(6)20-26(17-13-8-2,18-14-9-3)19-15-10-4/h21-22,26H,7-20H2,1-6H3. The topological polar surface area (TPSA) is 26.3 Å². The Balaban J connectivity index is 4.93. The first-order chi connectivity index (χ1) is 12.5. The number of hydrogen-bond donors (Lipinski definition) is 0. The van der Waals surface area contributed by atoms with Gasteiger partial charge in [-0.1, -0.05) is 0 Å². The Hall–Kier alpha value is -0.100. The van der Waals surface area contributed by atoms with E-state index in [9.17, 15) is 4.79 Å². The van der Waals surface area contributed by atoms with Gasteiger partial charge in [-0.15, -0.1) is 0 Å². The van der Waals surface area contributed by atoms with Crippen LogP contribution in [0.5, 0.6) is 0 Å². The van der Waals surface area contributed by atoms with Crippen molar-refractivity contribution in [2.24, 2.45) is 5.92 Å². The Morgan fingerprint density at radius 1 is 0.808 bits per heavy atom. The molecule has 0 heterocycles. The van der Waals surface area contributed by atoms with Gasteiger partial charge in [-0.25, -0.2) is 0 Å². The quantitative estimate of drug-likeness (QED) is 0.193. The van der Waals surface area contributed by atoms with Crippen molar-refractivity contribution in [1.29, 1.82) is 0 Å². The number of carbonyl (C=O) groups is 1. The molecule has 0 saturated carbocycles. The van der Waals surface area contributed by atoms with Crippen LogP contribution in [-0.4, -0.2) is 36.7 Å². The van der Waals surface area contributed by atoms with Gasteiger partial charge in [-0.3, -0.25) is 0 Å². The summed E-state index contributed by atoms with van der Waals surface area (Å²) < 4.78 is 5.99. The summed E-state index contributed by atoms with van der Waals surface area (Å²) in [5, 5.41) is 0. The van der Waals surface area contributed by atoms with Crippen molar-refractivity contribution in [2.45, 2.75) is 112 Å². The van der Waals surface area contributed by atoms with E-state index in [1.54, 1.807) is 0 Å². The Bertz CT molecular complexity index is 321. The average molecular weight is 389 g/mol. The molecule has 0 saturated heterocycles. The van der Waals surface area contributed by atoms with Crippen LogP contribution in [0.3, 0.4) is 0 Å². The molecular formula is C23H49O2P. The molecule has 2 nitrogen and oxygen atoms in total. The van der Waals surface area contributed by atoms with Crippen molar-refractivity contribution in [3.05, 3.63) is 0 Å². The molecule has 0 aromatic rings. The third-order valence-electron chi connectivity index (χ3n) is 5.95. The Labute approximate surface area is 165 Å². The zero-order valence-electron chi connectivity index (χ0n) is 18.9. The SMILES string of the molecule is CCCCC(CC)C(=O)OC(C)C[PH](CCCC)(CCCC)CCCC. The van der Waals surface area contributed by atoms with Crippen LogP contribution in [-0.2, 0) is 9.53 Å². The molecule has 0 fully saturated rings. The van der Waals surface area contributed by atoms with Gasteiger partial charge in [0.1, 0.15) is 0 Å². The molecule has 0 rings (SSSR count). The molecule has 0 aliphatic rings. The summed E-state index contributed by atoms with van der Waals surface area (Å²) in [5.41, 5.74) is 0. The van der Waals surface area contributed by atoms with Crippen molar-refractivity contribution in [2.75, 3.05) is 24.6 Å². The third-order valence-corrected chi connectivity index (χ3v) is 11.6. The molecule has 0 bridgehead atoms. The van der Waals surface area contributed by atoms with Crippen molar-refractivity contribution in [1.82, 2.24) is 0 Å². The number of rotatable bonds is 17. The van der Waals surface area contributed by atoms with E-state index in [1.807, 2.05) is 0 Å². The van der Waals surface area contributed by atoms with Crippen LogP contribution in [0.2, 0.25) is 0 Å². The molecule has 0 N–H and O–H groups in total. The first-order valence-electron chi connectivity index (χ1n) is 11.7. The van der Waals surface area contributed by atoms with Gasteiger partial charge in [0.15, 0.2) is 0 Å². The summed E-state index contributed by atoms with van der Waals surface area (Å²) >= 11 is 0. The number of ether oxygens (including phenoxy) is 1. The molecule has 0 aliphatic carbocycles. The summed E-state index contributed by atoms with van der Waals surface area (Å²) in [5.74, 6) is 0.174. The first kappa shape index (κ1) is 25.9. The van der Waals surface area contributed by atoms with E-state index < -0.39 is 7.26 Å². The molecule has 0 aliphatic heterocycles. The fourth-order valence-corrected chi connectivity index (χ4v) is 10.2. The number of hydrogen-bond acceptors (Lipinski definition) is 2. The van der Waals surface area contributed by atoms with Gasteiger partial charge in [-0.2, -0.15) is 0 Å². The van der Waals surface area contributed by atoms with Crippen LogP contribution >= 0.6 is 7.26 Å². The summed E-state index contributed by atoms with van der Waals surface area (Å²) in [7, 11) is -1.34. The van der Waals surface area contributed by atoms with Crippen molar-refractivity contribution >= 4 is 13.2 Å². The van der Waals surface area contributed by atoms with Crippen LogP contribution in [0.4, 0.5) is 0 Å². The molecule has 0 amide bonds. The van der Waals surface area contributed by atoms with E-state index in [0.717, 1.165) is 25.7 Å². The average Bonchev–Trinajstić information content (AvgIpc) is 2.63. The van der Waals surface area contributed by atoms with Crippen LogP contribution in [0, 0.1) is 5.92 Å². The van der Waals surface area contributed by atoms with Gasteiger partial charge in [0.2, 0.25) is 0 Å². The van der Waals surface area contributed by atoms with E-state index in [1.165, 1.54) is 63.2 Å². The van der Waals surface area contributed by atoms with E-state index >= 15 is 0 Å². The second-order valence-corrected chi connectivity index (χ2v) is 13.4. The fourth-order valence-electron chi connectivity index (χ4n) is 4.22. The van der Waals surface area contributed by atoms with Crippen LogP contribution < -0.4 is 0 Å². The minimum atomic E-state index is -1.34. The third kappa shape index (κ3) is 10.9. The van der Waals surface area contributed by atoms with Gasteiger partial charge in [0.05, 0.1) is 0 Å². The second-order valence-electron chi connectivity index (χ2n) is 8.51. The molecule has 0 radical (unpaired) electrons. The van der Waals surface area contributed by atoms with E-state index in [2.05, 4.69) is 41.5 Å². The van der Waals surface area contributed by atoms with Gasteiger partial charge >= 0.3 is 165 Å². The van der Waals surface area contributed by atoms with Gasteiger partial charge in [0.25, 0.3) is 0 Å². The predicted octanol–water partition coefficient (Wildman–Crippen LogP) is 7.28. The zero-order valence-corrected chi connectivity index (χ0v) is 19.9. The molecule has 2 unspecified atom stereocenters. The summed E-state index contributed by atoms with van der Waals surface area (Å²) in [6.07, 6.45) is 17.7. The maximum absolute atomic E-state index is 12.6. The molecule has 2 atom stereocenters. The molecule has 26 heavy (non-hydrogen) atoms. The molecule has 3 heteroatoms. The molecule has 0 aromatic heterocycles. The summed E-state index contributed by atoms with van der Waals surface area (Å²) in [6, 6.07) is 0. The van der Waals surface area contributed by atoms with E-state index in [0.29, 0.717) is 0 Å². The maximum atomic E-state index is 12.6. The monoisotopic (exact) mass is 388 g/mol. The fraction of sp³-hybridized carbons (Fsp3) is 0.957. The normalized spacial score (nSPS) is 14.8. The minimum absolute atomic E-state index is 0.0674. The zero-order chi connectivity index (χ0) is 19.8. The Morgan fingerprint density at radius 2 is 1.27 bits per heavy atom. The van der Waals surface area contributed by atoms with Crippen LogP contribution in [0.1, 0.15) is 106 Å². The van der Waals surface area contributed by atoms with E-state index in [-0.39, 0.29) is 18.0 Å². The predicted molar refractivity (Wildman–Crippen MR) is 121 cm³/mol. The molecule has 158 valence electrons. The molecule has 0 spiro atoms. The Morgan fingerprint density at radius 3 is 1.65 bits per heavy atom. The summed E-state index contributed by atoms with van der Waals surface area (Å²) in [6.45, 7) is 13.4. The van der Waals surface area contributed by atoms with Crippen molar-refractivity contribution in [3.8, 4) is 0 Å². The Kier molecular flexibility index (Phi) is 15.8. The summed E-state index contributed by atoms with van der Waals surface area (Å²) in [4.78, 5) is 12.6. The first-order valence-corrected chi connectivity index (χ1v) is 14.5. The van der Waals surface area contributed by atoms with Crippen LogP contribution in [0.15, 0.2) is 0 Å².